The minimum atomic E-state index is 0.562. The molecular weight excluding hydrogens is 178 g/mol. The van der Waals surface area contributed by atoms with Crippen LogP contribution in [0, 0.1) is 17.3 Å². The molecule has 0 spiro atoms. The fourth-order valence-corrected chi connectivity index (χ4v) is 4.56. The van der Waals surface area contributed by atoms with Crippen molar-refractivity contribution in [2.75, 3.05) is 18.1 Å². The summed E-state index contributed by atoms with van der Waals surface area (Å²) in [6, 6.07) is 0. The van der Waals surface area contributed by atoms with Crippen molar-refractivity contribution in [3.05, 3.63) is 0 Å². The zero-order chi connectivity index (χ0) is 9.31. The van der Waals surface area contributed by atoms with Gasteiger partial charge in [-0.2, -0.15) is 11.8 Å². The fourth-order valence-electron chi connectivity index (χ4n) is 3.22. The Bertz CT molecular complexity index is 169. The van der Waals surface area contributed by atoms with Gasteiger partial charge in [-0.25, -0.2) is 0 Å². The number of hydrogen-bond acceptors (Lipinski definition) is 2. The highest BCUT2D eigenvalue weighted by Crippen LogP contribution is 2.53. The predicted octanol–water partition coefficient (Wildman–Crippen LogP) is 2.50. The van der Waals surface area contributed by atoms with Gasteiger partial charge in [0.15, 0.2) is 0 Å². The van der Waals surface area contributed by atoms with Gasteiger partial charge < -0.3 is 5.73 Å². The molecule has 1 aliphatic heterocycles. The van der Waals surface area contributed by atoms with E-state index in [1.54, 1.807) is 0 Å². The average molecular weight is 199 g/mol. The van der Waals surface area contributed by atoms with Crippen LogP contribution in [0.15, 0.2) is 0 Å². The van der Waals surface area contributed by atoms with E-state index in [1.807, 2.05) is 0 Å². The molecule has 1 unspecified atom stereocenters. The maximum Gasteiger partial charge on any atom is -0.00174 e. The van der Waals surface area contributed by atoms with E-state index in [-0.39, 0.29) is 0 Å². The summed E-state index contributed by atoms with van der Waals surface area (Å²) >= 11 is 2.14. The molecule has 2 heteroatoms. The highest BCUT2D eigenvalue weighted by atomic mass is 32.2. The van der Waals surface area contributed by atoms with Crippen LogP contribution in [0.25, 0.3) is 0 Å². The van der Waals surface area contributed by atoms with Crippen LogP contribution in [0.1, 0.15) is 32.6 Å². The molecule has 2 fully saturated rings. The second-order valence-corrected chi connectivity index (χ2v) is 6.14. The minimum absolute atomic E-state index is 0.562. The van der Waals surface area contributed by atoms with Crippen LogP contribution in [0.4, 0.5) is 0 Å². The fraction of sp³-hybridized carbons (Fsp3) is 1.00. The normalized spacial score (nSPS) is 45.7. The lowest BCUT2D eigenvalue weighted by molar-refractivity contribution is 0.0135. The highest BCUT2D eigenvalue weighted by Gasteiger charge is 2.46. The summed E-state index contributed by atoms with van der Waals surface area (Å²) in [6.45, 7) is 3.30. The van der Waals surface area contributed by atoms with Crippen molar-refractivity contribution in [1.29, 1.82) is 0 Å². The molecule has 1 saturated heterocycles. The lowest BCUT2D eigenvalue weighted by Crippen LogP contribution is -2.49. The van der Waals surface area contributed by atoms with Crippen LogP contribution in [-0.4, -0.2) is 18.1 Å². The summed E-state index contributed by atoms with van der Waals surface area (Å²) in [5, 5.41) is 0. The Kier molecular flexibility index (Phi) is 2.89. The molecule has 0 aromatic carbocycles. The van der Waals surface area contributed by atoms with Crippen molar-refractivity contribution in [2.24, 2.45) is 23.0 Å². The third-order valence-corrected chi connectivity index (χ3v) is 5.16. The van der Waals surface area contributed by atoms with Gasteiger partial charge in [-0.05, 0) is 61.0 Å². The molecule has 1 saturated carbocycles. The van der Waals surface area contributed by atoms with Gasteiger partial charge in [0, 0.05) is 0 Å². The highest BCUT2D eigenvalue weighted by molar-refractivity contribution is 7.99. The predicted molar refractivity (Wildman–Crippen MR) is 59.9 cm³/mol. The number of hydrogen-bond donors (Lipinski definition) is 1. The largest absolute Gasteiger partial charge is 0.330 e. The third-order valence-electron chi connectivity index (χ3n) is 3.94. The van der Waals surface area contributed by atoms with E-state index in [4.69, 9.17) is 5.73 Å². The molecule has 0 aromatic rings. The summed E-state index contributed by atoms with van der Waals surface area (Å²) in [5.74, 6) is 4.64. The Labute approximate surface area is 85.8 Å². The molecule has 2 N–H and O–H groups in total. The Hall–Kier alpha value is 0.310. The molecule has 1 nitrogen and oxygen atoms in total. The van der Waals surface area contributed by atoms with Crippen LogP contribution < -0.4 is 5.73 Å². The first-order valence-corrected chi connectivity index (χ1v) is 6.70. The molecule has 0 radical (unpaired) electrons. The second kappa shape index (κ2) is 3.82. The first-order chi connectivity index (χ1) is 6.27. The lowest BCUT2D eigenvalue weighted by atomic mass is 9.56. The van der Waals surface area contributed by atoms with E-state index in [9.17, 15) is 0 Å². The average Bonchev–Trinajstić information content (AvgIpc) is 2.14. The third kappa shape index (κ3) is 1.75. The lowest BCUT2D eigenvalue weighted by Gasteiger charge is -2.52. The van der Waals surface area contributed by atoms with Crippen molar-refractivity contribution in [3.8, 4) is 0 Å². The molecule has 0 aromatic heterocycles. The number of rotatable bonds is 2. The van der Waals surface area contributed by atoms with Gasteiger partial charge in [0.2, 0.25) is 0 Å². The molecule has 0 amide bonds. The van der Waals surface area contributed by atoms with Gasteiger partial charge in [0.05, 0.1) is 0 Å². The smallest absolute Gasteiger partial charge is 0.00174 e. The molecule has 76 valence electrons. The summed E-state index contributed by atoms with van der Waals surface area (Å²) in [6.07, 6.45) is 5.66. The number of thioether (sulfide) groups is 1. The van der Waals surface area contributed by atoms with Crippen LogP contribution in [0.3, 0.4) is 0 Å². The Balaban J connectivity index is 1.95. The van der Waals surface area contributed by atoms with E-state index in [1.165, 1.54) is 37.2 Å². The summed E-state index contributed by atoms with van der Waals surface area (Å²) in [7, 11) is 0. The van der Waals surface area contributed by atoms with E-state index >= 15 is 0 Å². The van der Waals surface area contributed by atoms with E-state index in [0.29, 0.717) is 5.41 Å². The topological polar surface area (TPSA) is 26.0 Å². The van der Waals surface area contributed by atoms with Crippen molar-refractivity contribution in [1.82, 2.24) is 0 Å². The first kappa shape index (κ1) is 9.85. The summed E-state index contributed by atoms with van der Waals surface area (Å²) < 4.78 is 0. The summed E-state index contributed by atoms with van der Waals surface area (Å²) in [5.41, 5.74) is 6.51. The molecular formula is C11H21NS. The van der Waals surface area contributed by atoms with Gasteiger partial charge in [-0.3, -0.25) is 0 Å². The van der Waals surface area contributed by atoms with Crippen molar-refractivity contribution < 1.29 is 0 Å². The van der Waals surface area contributed by atoms with Gasteiger partial charge in [0.1, 0.15) is 0 Å². The zero-order valence-corrected chi connectivity index (χ0v) is 9.41. The summed E-state index contributed by atoms with van der Waals surface area (Å²) in [4.78, 5) is 0. The standard InChI is InChI=1S/C11H21NS/c1-9-5-11(6-9,8-12)10-3-2-4-13-7-10/h9-10H,2-8,12H2,1H3. The van der Waals surface area contributed by atoms with Crippen LogP contribution in [0.2, 0.25) is 0 Å². The molecule has 0 bridgehead atoms. The Morgan fingerprint density at radius 1 is 1.46 bits per heavy atom. The van der Waals surface area contributed by atoms with Crippen molar-refractivity contribution in [2.45, 2.75) is 32.6 Å². The maximum absolute atomic E-state index is 5.95. The molecule has 13 heavy (non-hydrogen) atoms. The Morgan fingerprint density at radius 2 is 2.23 bits per heavy atom. The molecule has 2 rings (SSSR count). The molecule has 1 atom stereocenters. The van der Waals surface area contributed by atoms with Gasteiger partial charge in [-0.1, -0.05) is 6.92 Å². The zero-order valence-electron chi connectivity index (χ0n) is 8.59. The van der Waals surface area contributed by atoms with Gasteiger partial charge in [0.25, 0.3) is 0 Å². The van der Waals surface area contributed by atoms with E-state index in [0.717, 1.165) is 18.4 Å². The van der Waals surface area contributed by atoms with E-state index in [2.05, 4.69) is 18.7 Å². The SMILES string of the molecule is CC1CC(CN)(C2CCCSC2)C1. The minimum Gasteiger partial charge on any atom is -0.330 e. The quantitative estimate of drug-likeness (QED) is 0.739. The van der Waals surface area contributed by atoms with Crippen molar-refractivity contribution >= 4 is 11.8 Å². The first-order valence-electron chi connectivity index (χ1n) is 5.55. The van der Waals surface area contributed by atoms with E-state index < -0.39 is 0 Å². The van der Waals surface area contributed by atoms with Gasteiger partial charge in [-0.15, -0.1) is 0 Å². The second-order valence-electron chi connectivity index (χ2n) is 4.99. The monoisotopic (exact) mass is 199 g/mol. The number of nitrogens with two attached hydrogens (primary N) is 1. The Morgan fingerprint density at radius 3 is 2.69 bits per heavy atom. The van der Waals surface area contributed by atoms with Crippen LogP contribution in [0.5, 0.6) is 0 Å². The molecule has 1 aliphatic carbocycles. The maximum atomic E-state index is 5.95. The van der Waals surface area contributed by atoms with Crippen LogP contribution >= 0.6 is 11.8 Å². The van der Waals surface area contributed by atoms with Crippen LogP contribution in [-0.2, 0) is 0 Å². The van der Waals surface area contributed by atoms with Gasteiger partial charge >= 0.3 is 0 Å². The molecule has 2 aliphatic rings. The van der Waals surface area contributed by atoms with Crippen molar-refractivity contribution in [3.63, 3.8) is 0 Å². The molecule has 1 heterocycles.